The summed E-state index contributed by atoms with van der Waals surface area (Å²) in [4.78, 5) is 10.8. The van der Waals surface area contributed by atoms with Crippen LogP contribution in [0.3, 0.4) is 0 Å². The van der Waals surface area contributed by atoms with Crippen LogP contribution in [0.15, 0.2) is 6.07 Å². The summed E-state index contributed by atoms with van der Waals surface area (Å²) >= 11 is 1.63. The Bertz CT molecular complexity index is 573. The summed E-state index contributed by atoms with van der Waals surface area (Å²) in [7, 11) is 0. The number of anilines is 1. The van der Waals surface area contributed by atoms with Crippen molar-refractivity contribution in [1.29, 1.82) is 0 Å². The van der Waals surface area contributed by atoms with Gasteiger partial charge in [0.05, 0.1) is 12.0 Å². The smallest absolute Gasteiger partial charge is 0.241 e. The molecule has 7 heteroatoms. The number of aryl methyl sites for hydroxylation is 1. The fraction of sp³-hybridized carbons (Fsp3) is 0.571. The third-order valence-electron chi connectivity index (χ3n) is 3.00. The summed E-state index contributed by atoms with van der Waals surface area (Å²) in [5.41, 5.74) is 2.48. The molecule has 0 aromatic carbocycles. The number of hydrogen-bond donors (Lipinski definition) is 2. The van der Waals surface area contributed by atoms with Crippen LogP contribution in [0.1, 0.15) is 31.6 Å². The lowest BCUT2D eigenvalue weighted by Gasteiger charge is -2.08. The average Bonchev–Trinajstić information content (AvgIpc) is 2.93. The average molecular weight is 310 g/mol. The van der Waals surface area contributed by atoms with Gasteiger partial charge in [-0.25, -0.2) is 10.8 Å². The van der Waals surface area contributed by atoms with Crippen molar-refractivity contribution in [3.05, 3.63) is 10.9 Å². The van der Waals surface area contributed by atoms with Gasteiger partial charge in [0.2, 0.25) is 11.8 Å². The van der Waals surface area contributed by atoms with Gasteiger partial charge in [-0.2, -0.15) is 4.98 Å². The molecule has 0 amide bonds. The lowest BCUT2D eigenvalue weighted by atomic mass is 10.3. The molecule has 0 aliphatic carbocycles. The van der Waals surface area contributed by atoms with E-state index in [1.54, 1.807) is 11.3 Å². The van der Waals surface area contributed by atoms with Crippen molar-refractivity contribution < 1.29 is 9.47 Å². The van der Waals surface area contributed by atoms with E-state index in [1.165, 1.54) is 4.88 Å². The Morgan fingerprint density at radius 1 is 1.24 bits per heavy atom. The van der Waals surface area contributed by atoms with Crippen LogP contribution in [0.25, 0.3) is 10.2 Å². The highest BCUT2D eigenvalue weighted by atomic mass is 32.1. The summed E-state index contributed by atoms with van der Waals surface area (Å²) in [6.07, 6.45) is 3.17. The van der Waals surface area contributed by atoms with Crippen molar-refractivity contribution in [2.45, 2.75) is 33.1 Å². The number of hydrazine groups is 1. The molecule has 0 aliphatic rings. The minimum atomic E-state index is 0.369. The Morgan fingerprint density at radius 3 is 2.81 bits per heavy atom. The second-order valence-corrected chi connectivity index (χ2v) is 5.71. The van der Waals surface area contributed by atoms with E-state index in [0.717, 1.165) is 36.1 Å². The van der Waals surface area contributed by atoms with Crippen LogP contribution in [-0.2, 0) is 11.2 Å². The maximum atomic E-state index is 5.73. The zero-order valence-corrected chi connectivity index (χ0v) is 13.3. The Labute approximate surface area is 128 Å². The molecule has 2 aromatic rings. The molecule has 0 unspecified atom stereocenters. The largest absolute Gasteiger partial charge is 0.475 e. The Morgan fingerprint density at radius 2 is 2.10 bits per heavy atom. The highest BCUT2D eigenvalue weighted by Crippen LogP contribution is 2.31. The predicted molar refractivity (Wildman–Crippen MR) is 85.8 cm³/mol. The molecule has 0 bridgehead atoms. The Balaban J connectivity index is 2.04. The van der Waals surface area contributed by atoms with Gasteiger partial charge >= 0.3 is 0 Å². The first-order valence-corrected chi connectivity index (χ1v) is 8.07. The van der Waals surface area contributed by atoms with Crippen molar-refractivity contribution in [2.24, 2.45) is 5.84 Å². The van der Waals surface area contributed by atoms with Crippen LogP contribution in [-0.4, -0.2) is 29.8 Å². The van der Waals surface area contributed by atoms with Crippen molar-refractivity contribution in [2.75, 3.05) is 25.2 Å². The third-order valence-corrected chi connectivity index (χ3v) is 4.17. The lowest BCUT2D eigenvalue weighted by Crippen LogP contribution is -2.12. The van der Waals surface area contributed by atoms with Gasteiger partial charge in [0.15, 0.2) is 0 Å². The van der Waals surface area contributed by atoms with E-state index in [9.17, 15) is 0 Å². The molecule has 2 heterocycles. The molecule has 2 rings (SSSR count). The van der Waals surface area contributed by atoms with Crippen LogP contribution in [0.4, 0.5) is 5.95 Å². The number of nitrogens with two attached hydrogens (primary N) is 1. The molecule has 0 aliphatic heterocycles. The summed E-state index contributed by atoms with van der Waals surface area (Å²) < 4.78 is 11.2. The molecule has 6 nitrogen and oxygen atoms in total. The van der Waals surface area contributed by atoms with E-state index in [1.807, 2.05) is 0 Å². The Kier molecular flexibility index (Phi) is 6.16. The maximum Gasteiger partial charge on any atom is 0.241 e. The minimum absolute atomic E-state index is 0.369. The number of nitrogen functional groups attached to an aromatic ring is 1. The van der Waals surface area contributed by atoms with Gasteiger partial charge < -0.3 is 9.47 Å². The number of aromatic nitrogens is 2. The van der Waals surface area contributed by atoms with Gasteiger partial charge in [-0.05, 0) is 18.9 Å². The van der Waals surface area contributed by atoms with E-state index < -0.39 is 0 Å². The number of fused-ring (bicyclic) bond motifs is 1. The molecule has 21 heavy (non-hydrogen) atoms. The number of hydrogen-bond acceptors (Lipinski definition) is 7. The molecule has 0 fully saturated rings. The number of unbranched alkanes of at least 4 members (excludes halogenated alkanes) is 1. The summed E-state index contributed by atoms with van der Waals surface area (Å²) in [6, 6.07) is 2.08. The second-order valence-electron chi connectivity index (χ2n) is 4.60. The summed E-state index contributed by atoms with van der Waals surface area (Å²) in [5.74, 6) is 6.34. The Hall–Kier alpha value is -1.44. The fourth-order valence-corrected chi connectivity index (χ4v) is 2.80. The molecular formula is C14H22N4O2S. The molecule has 0 saturated carbocycles. The van der Waals surface area contributed by atoms with Crippen molar-refractivity contribution >= 4 is 27.5 Å². The highest BCUT2D eigenvalue weighted by Gasteiger charge is 2.12. The monoisotopic (exact) mass is 310 g/mol. The summed E-state index contributed by atoms with van der Waals surface area (Å²) in [6.45, 7) is 6.05. The first-order chi connectivity index (χ1) is 10.3. The molecule has 116 valence electrons. The quantitative estimate of drug-likeness (QED) is 0.421. The van der Waals surface area contributed by atoms with Gasteiger partial charge in [-0.1, -0.05) is 20.3 Å². The molecule has 3 N–H and O–H groups in total. The van der Waals surface area contributed by atoms with Gasteiger partial charge in [0.25, 0.3) is 0 Å². The minimum Gasteiger partial charge on any atom is -0.475 e. The van der Waals surface area contributed by atoms with E-state index in [-0.39, 0.29) is 0 Å². The maximum absolute atomic E-state index is 5.73. The normalized spacial score (nSPS) is 11.0. The number of thiophene rings is 1. The van der Waals surface area contributed by atoms with Gasteiger partial charge in [-0.3, -0.25) is 5.43 Å². The van der Waals surface area contributed by atoms with E-state index in [0.29, 0.717) is 25.0 Å². The number of nitrogens with zero attached hydrogens (tertiary/aromatic N) is 2. The number of nitrogens with one attached hydrogen (secondary N) is 1. The predicted octanol–water partition coefficient (Wildman–Crippen LogP) is 2.73. The third kappa shape index (κ3) is 4.26. The van der Waals surface area contributed by atoms with Crippen LogP contribution in [0, 0.1) is 0 Å². The standard InChI is InChI=1S/C14H22N4O2S/c1-3-5-6-19-7-8-20-12-11-9-10(4-2)21-13(11)17-14(16-12)18-15/h9H,3-8,15H2,1-2H3,(H,16,17,18). The molecule has 0 spiro atoms. The van der Waals surface area contributed by atoms with Crippen molar-refractivity contribution in [3.63, 3.8) is 0 Å². The van der Waals surface area contributed by atoms with Crippen LogP contribution in [0.2, 0.25) is 0 Å². The lowest BCUT2D eigenvalue weighted by molar-refractivity contribution is 0.0971. The first-order valence-electron chi connectivity index (χ1n) is 7.26. The van der Waals surface area contributed by atoms with E-state index >= 15 is 0 Å². The van der Waals surface area contributed by atoms with Gasteiger partial charge in [-0.15, -0.1) is 11.3 Å². The van der Waals surface area contributed by atoms with Crippen LogP contribution in [0.5, 0.6) is 5.88 Å². The molecule has 0 atom stereocenters. The van der Waals surface area contributed by atoms with Crippen LogP contribution < -0.4 is 16.0 Å². The molecule has 0 saturated heterocycles. The number of rotatable bonds is 9. The molecule has 2 aromatic heterocycles. The fourth-order valence-electron chi connectivity index (χ4n) is 1.84. The molecular weight excluding hydrogens is 288 g/mol. The second kappa shape index (κ2) is 8.11. The molecule has 0 radical (unpaired) electrons. The SMILES string of the molecule is CCCCOCCOc1nc(NN)nc2sc(CC)cc12. The zero-order valence-electron chi connectivity index (χ0n) is 12.5. The van der Waals surface area contributed by atoms with Crippen LogP contribution >= 0.6 is 11.3 Å². The van der Waals surface area contributed by atoms with Gasteiger partial charge in [0.1, 0.15) is 11.4 Å². The topological polar surface area (TPSA) is 82.3 Å². The summed E-state index contributed by atoms with van der Waals surface area (Å²) in [5, 5.41) is 0.935. The van der Waals surface area contributed by atoms with Gasteiger partial charge in [0, 0.05) is 11.5 Å². The number of ether oxygens (including phenoxy) is 2. The van der Waals surface area contributed by atoms with Crippen molar-refractivity contribution in [1.82, 2.24) is 9.97 Å². The highest BCUT2D eigenvalue weighted by molar-refractivity contribution is 7.18. The zero-order chi connectivity index (χ0) is 15.1. The van der Waals surface area contributed by atoms with E-state index in [4.69, 9.17) is 15.3 Å². The van der Waals surface area contributed by atoms with Crippen molar-refractivity contribution in [3.8, 4) is 5.88 Å². The van der Waals surface area contributed by atoms with E-state index in [2.05, 4.69) is 35.3 Å². The first kappa shape index (κ1) is 15.9.